The van der Waals surface area contributed by atoms with Crippen LogP contribution < -0.4 is 0 Å². The Morgan fingerprint density at radius 3 is 2.65 bits per heavy atom. The first kappa shape index (κ1) is 14.9. The van der Waals surface area contributed by atoms with Gasteiger partial charge in [0.1, 0.15) is 5.52 Å². The lowest BCUT2D eigenvalue weighted by molar-refractivity contribution is 0.837. The van der Waals surface area contributed by atoms with Gasteiger partial charge in [-0.05, 0) is 30.7 Å². The third-order valence-corrected chi connectivity index (χ3v) is 4.78. The van der Waals surface area contributed by atoms with Crippen molar-refractivity contribution in [2.45, 2.75) is 13.5 Å². The van der Waals surface area contributed by atoms with Gasteiger partial charge in [-0.25, -0.2) is 4.98 Å². The van der Waals surface area contributed by atoms with E-state index in [0.717, 1.165) is 23.4 Å². The Morgan fingerprint density at radius 2 is 1.81 bits per heavy atom. The molecule has 4 nitrogen and oxygen atoms in total. The van der Waals surface area contributed by atoms with Gasteiger partial charge in [0.25, 0.3) is 0 Å². The van der Waals surface area contributed by atoms with Gasteiger partial charge in [-0.3, -0.25) is 4.98 Å². The molecule has 126 valence electrons. The fourth-order valence-electron chi connectivity index (χ4n) is 3.53. The normalized spacial score (nSPS) is 11.4. The number of nitrogens with one attached hydrogen (secondary N) is 1. The maximum Gasteiger partial charge on any atom is 0.156 e. The van der Waals surface area contributed by atoms with Gasteiger partial charge < -0.3 is 9.55 Å². The van der Waals surface area contributed by atoms with Crippen LogP contribution in [0, 0.1) is 6.92 Å². The highest BCUT2D eigenvalue weighted by Crippen LogP contribution is 2.32. The Bertz CT molecular complexity index is 1180. The molecule has 0 aliphatic rings. The van der Waals surface area contributed by atoms with Crippen LogP contribution in [-0.2, 0) is 6.54 Å². The molecule has 0 atom stereocenters. The van der Waals surface area contributed by atoms with Crippen molar-refractivity contribution in [1.82, 2.24) is 19.5 Å². The highest BCUT2D eigenvalue weighted by atomic mass is 15.0. The third kappa shape index (κ3) is 2.47. The van der Waals surface area contributed by atoms with Crippen LogP contribution in [0.5, 0.6) is 0 Å². The van der Waals surface area contributed by atoms with Crippen LogP contribution in [0.4, 0.5) is 0 Å². The summed E-state index contributed by atoms with van der Waals surface area (Å²) in [5.74, 6) is 0. The van der Waals surface area contributed by atoms with Crippen LogP contribution in [0.3, 0.4) is 0 Å². The number of benzene rings is 2. The monoisotopic (exact) mass is 338 g/mol. The zero-order chi connectivity index (χ0) is 17.5. The summed E-state index contributed by atoms with van der Waals surface area (Å²) in [4.78, 5) is 12.2. The first-order valence-corrected chi connectivity index (χ1v) is 8.71. The number of hydrogen-bond donors (Lipinski definition) is 1. The van der Waals surface area contributed by atoms with Gasteiger partial charge in [0.05, 0.1) is 5.69 Å². The first-order valence-electron chi connectivity index (χ1n) is 8.71. The average molecular weight is 338 g/mol. The summed E-state index contributed by atoms with van der Waals surface area (Å²) in [6, 6.07) is 19.2. The van der Waals surface area contributed by atoms with E-state index in [1.54, 1.807) is 12.4 Å². The second kappa shape index (κ2) is 5.85. The molecule has 2 aromatic carbocycles. The van der Waals surface area contributed by atoms with Gasteiger partial charge in [-0.2, -0.15) is 0 Å². The lowest BCUT2D eigenvalue weighted by atomic mass is 10.1. The number of rotatable bonds is 3. The highest BCUT2D eigenvalue weighted by molar-refractivity contribution is 5.97. The Balaban J connectivity index is 1.70. The lowest BCUT2D eigenvalue weighted by Gasteiger charge is -2.05. The average Bonchev–Trinajstić information content (AvgIpc) is 3.24. The molecule has 0 amide bonds. The molecular formula is C22H18N4. The van der Waals surface area contributed by atoms with Gasteiger partial charge in [0.15, 0.2) is 5.65 Å². The van der Waals surface area contributed by atoms with Gasteiger partial charge >= 0.3 is 0 Å². The highest BCUT2D eigenvalue weighted by Gasteiger charge is 2.13. The Kier molecular flexibility index (Phi) is 3.35. The largest absolute Gasteiger partial charge is 0.342 e. The minimum absolute atomic E-state index is 0.819. The molecule has 0 unspecified atom stereocenters. The van der Waals surface area contributed by atoms with Gasteiger partial charge in [0, 0.05) is 41.6 Å². The summed E-state index contributed by atoms with van der Waals surface area (Å²) in [6.07, 6.45) is 5.66. The molecule has 3 aromatic heterocycles. The van der Waals surface area contributed by atoms with E-state index in [2.05, 4.69) is 87.2 Å². The quantitative estimate of drug-likeness (QED) is 0.507. The maximum atomic E-state index is 4.40. The van der Waals surface area contributed by atoms with Crippen molar-refractivity contribution >= 4 is 22.1 Å². The molecule has 0 saturated heterocycles. The molecule has 0 aliphatic carbocycles. The summed E-state index contributed by atoms with van der Waals surface area (Å²) in [6.45, 7) is 2.98. The van der Waals surface area contributed by atoms with Crippen molar-refractivity contribution in [2.24, 2.45) is 0 Å². The minimum Gasteiger partial charge on any atom is -0.342 e. The number of aromatic amines is 1. The van der Waals surface area contributed by atoms with E-state index in [9.17, 15) is 0 Å². The van der Waals surface area contributed by atoms with Crippen molar-refractivity contribution < 1.29 is 0 Å². The topological polar surface area (TPSA) is 46.5 Å². The predicted molar refractivity (Wildman–Crippen MR) is 105 cm³/mol. The molecule has 0 radical (unpaired) electrons. The zero-order valence-electron chi connectivity index (χ0n) is 14.5. The Hall–Kier alpha value is -3.40. The third-order valence-electron chi connectivity index (χ3n) is 4.78. The van der Waals surface area contributed by atoms with Crippen LogP contribution in [0.2, 0.25) is 0 Å². The second-order valence-electron chi connectivity index (χ2n) is 6.65. The van der Waals surface area contributed by atoms with Gasteiger partial charge in [-0.15, -0.1) is 0 Å². The number of H-pyrrole nitrogens is 1. The molecular weight excluding hydrogens is 320 g/mol. The summed E-state index contributed by atoms with van der Waals surface area (Å²) in [7, 11) is 0. The smallest absolute Gasteiger partial charge is 0.156 e. The van der Waals surface area contributed by atoms with Crippen LogP contribution in [0.15, 0.2) is 73.2 Å². The Morgan fingerprint density at radius 1 is 0.962 bits per heavy atom. The summed E-state index contributed by atoms with van der Waals surface area (Å²) in [5, 5.41) is 1.24. The molecule has 1 N–H and O–H groups in total. The van der Waals surface area contributed by atoms with E-state index in [1.165, 1.54) is 27.6 Å². The maximum absolute atomic E-state index is 4.40. The fourth-order valence-corrected chi connectivity index (χ4v) is 3.53. The molecule has 0 saturated carbocycles. The van der Waals surface area contributed by atoms with Crippen LogP contribution in [0.1, 0.15) is 11.1 Å². The van der Waals surface area contributed by atoms with Gasteiger partial charge in [-0.1, -0.05) is 42.0 Å². The summed E-state index contributed by atoms with van der Waals surface area (Å²) >= 11 is 0. The molecule has 0 fully saturated rings. The van der Waals surface area contributed by atoms with E-state index in [1.807, 2.05) is 0 Å². The molecule has 0 bridgehead atoms. The summed E-state index contributed by atoms with van der Waals surface area (Å²) in [5.41, 5.74) is 7.71. The number of aryl methyl sites for hydroxylation is 1. The molecule has 0 spiro atoms. The van der Waals surface area contributed by atoms with Crippen LogP contribution in [0.25, 0.3) is 33.3 Å². The van der Waals surface area contributed by atoms with E-state index in [-0.39, 0.29) is 0 Å². The van der Waals surface area contributed by atoms with E-state index in [0.29, 0.717) is 0 Å². The van der Waals surface area contributed by atoms with E-state index >= 15 is 0 Å². The van der Waals surface area contributed by atoms with Crippen molar-refractivity contribution in [3.63, 3.8) is 0 Å². The SMILES string of the molecule is Cc1ccc2c(c1)c(-c1cc3nccnc3[nH]1)cn2Cc1ccccc1. The summed E-state index contributed by atoms with van der Waals surface area (Å²) < 4.78 is 2.31. The lowest BCUT2D eigenvalue weighted by Crippen LogP contribution is -1.97. The molecule has 26 heavy (non-hydrogen) atoms. The van der Waals surface area contributed by atoms with Crippen molar-refractivity contribution in [3.8, 4) is 11.3 Å². The first-order chi connectivity index (χ1) is 12.8. The van der Waals surface area contributed by atoms with E-state index in [4.69, 9.17) is 0 Å². The molecule has 5 aromatic rings. The van der Waals surface area contributed by atoms with Crippen molar-refractivity contribution in [1.29, 1.82) is 0 Å². The van der Waals surface area contributed by atoms with Crippen LogP contribution in [-0.4, -0.2) is 19.5 Å². The minimum atomic E-state index is 0.819. The van der Waals surface area contributed by atoms with E-state index < -0.39 is 0 Å². The van der Waals surface area contributed by atoms with Crippen molar-refractivity contribution in [2.75, 3.05) is 0 Å². The number of fused-ring (bicyclic) bond motifs is 2. The molecule has 0 aliphatic heterocycles. The van der Waals surface area contributed by atoms with Gasteiger partial charge in [0.2, 0.25) is 0 Å². The predicted octanol–water partition coefficient (Wildman–Crippen LogP) is 4.94. The zero-order valence-corrected chi connectivity index (χ0v) is 14.5. The fraction of sp³-hybridized carbons (Fsp3) is 0.0909. The van der Waals surface area contributed by atoms with Crippen molar-refractivity contribution in [3.05, 3.63) is 84.3 Å². The molecule has 3 heterocycles. The molecule has 5 rings (SSSR count). The standard InChI is InChI=1S/C22H18N4/c1-15-7-8-21-17(11-15)18(14-26(21)13-16-5-3-2-4-6-16)19-12-20-22(25-19)24-10-9-23-20/h2-12,14H,13H2,1H3,(H,24,25). The number of aromatic nitrogens is 4. The second-order valence-corrected chi connectivity index (χ2v) is 6.65. The molecule has 4 heteroatoms. The number of hydrogen-bond acceptors (Lipinski definition) is 2. The number of nitrogens with zero attached hydrogens (tertiary/aromatic N) is 3. The van der Waals surface area contributed by atoms with Crippen LogP contribution >= 0.6 is 0 Å². The Labute approximate surface area is 151 Å².